The quantitative estimate of drug-likeness (QED) is 0.173. The Hall–Kier alpha value is -6.22. The minimum Gasteiger partial charge on any atom is -0.455 e. The van der Waals surface area contributed by atoms with Crippen LogP contribution in [-0.2, 0) is 0 Å². The highest BCUT2D eigenvalue weighted by molar-refractivity contribution is 7.26. The van der Waals surface area contributed by atoms with Crippen LogP contribution < -0.4 is 0 Å². The molecule has 0 saturated heterocycles. The molecule has 0 aliphatic carbocycles. The lowest BCUT2D eigenvalue weighted by atomic mass is 9.85. The standard InChI is InChI=1S/C48H28OS/c1-2-10-29(11-3-1)30-18-20-32(21-19-30)44-35-14-6-8-16-37(35)45(38-17-9-7-15-36(38)44)33-23-26-42-41(28-33)39-25-27-43-46(47(39)49-42)40-24-22-31-12-4-5-13-34(31)48(40)50-43/h1-28H. The summed E-state index contributed by atoms with van der Waals surface area (Å²) in [4.78, 5) is 0. The highest BCUT2D eigenvalue weighted by atomic mass is 32.1. The summed E-state index contributed by atoms with van der Waals surface area (Å²) in [6.45, 7) is 0. The maximum atomic E-state index is 6.74. The second-order valence-corrected chi connectivity index (χ2v) is 14.2. The van der Waals surface area contributed by atoms with E-state index in [9.17, 15) is 0 Å². The SMILES string of the molecule is c1ccc(-c2ccc(-c3c4ccccc4c(-c4ccc5oc6c(ccc7sc8c9ccccc9ccc8c76)c5c4)c4ccccc34)cc2)cc1. The first-order valence-corrected chi connectivity index (χ1v) is 17.9. The molecule has 0 bridgehead atoms. The van der Waals surface area contributed by atoms with E-state index in [4.69, 9.17) is 4.42 Å². The fourth-order valence-corrected chi connectivity index (χ4v) is 9.42. The number of thiophene rings is 1. The monoisotopic (exact) mass is 652 g/mol. The van der Waals surface area contributed by atoms with Gasteiger partial charge in [-0.15, -0.1) is 11.3 Å². The highest BCUT2D eigenvalue weighted by Gasteiger charge is 2.20. The van der Waals surface area contributed by atoms with E-state index in [-0.39, 0.29) is 0 Å². The Morgan fingerprint density at radius 1 is 0.360 bits per heavy atom. The van der Waals surface area contributed by atoms with Crippen molar-refractivity contribution >= 4 is 85.8 Å². The molecular weight excluding hydrogens is 625 g/mol. The first-order valence-electron chi connectivity index (χ1n) is 17.1. The molecule has 0 radical (unpaired) electrons. The third-order valence-corrected chi connectivity index (χ3v) is 11.7. The van der Waals surface area contributed by atoms with Gasteiger partial charge in [0.2, 0.25) is 0 Å². The van der Waals surface area contributed by atoms with Crippen molar-refractivity contribution in [2.45, 2.75) is 0 Å². The zero-order valence-corrected chi connectivity index (χ0v) is 27.8. The van der Waals surface area contributed by atoms with Gasteiger partial charge >= 0.3 is 0 Å². The third-order valence-electron chi connectivity index (χ3n) is 10.5. The number of benzene rings is 9. The number of furan rings is 1. The highest BCUT2D eigenvalue weighted by Crippen LogP contribution is 2.47. The van der Waals surface area contributed by atoms with Crippen LogP contribution in [0.15, 0.2) is 174 Å². The minimum atomic E-state index is 0.917. The second-order valence-electron chi connectivity index (χ2n) is 13.2. The van der Waals surface area contributed by atoms with Crippen LogP contribution in [-0.4, -0.2) is 0 Å². The lowest BCUT2D eigenvalue weighted by Gasteiger charge is -2.18. The van der Waals surface area contributed by atoms with Gasteiger partial charge < -0.3 is 4.42 Å². The molecular formula is C48H28OS. The molecule has 232 valence electrons. The van der Waals surface area contributed by atoms with Crippen molar-refractivity contribution in [1.82, 2.24) is 0 Å². The maximum absolute atomic E-state index is 6.74. The second kappa shape index (κ2) is 10.6. The average molecular weight is 653 g/mol. The van der Waals surface area contributed by atoms with E-state index in [0.29, 0.717) is 0 Å². The molecule has 1 nitrogen and oxygen atoms in total. The lowest BCUT2D eigenvalue weighted by molar-refractivity contribution is 0.673. The first-order chi connectivity index (χ1) is 24.8. The molecule has 2 heteroatoms. The predicted molar refractivity (Wildman–Crippen MR) is 215 cm³/mol. The van der Waals surface area contributed by atoms with E-state index < -0.39 is 0 Å². The molecule has 0 atom stereocenters. The molecule has 2 aromatic heterocycles. The van der Waals surface area contributed by atoms with Gasteiger partial charge in [0.25, 0.3) is 0 Å². The summed E-state index contributed by atoms with van der Waals surface area (Å²) < 4.78 is 9.31. The summed E-state index contributed by atoms with van der Waals surface area (Å²) >= 11 is 1.86. The zero-order valence-electron chi connectivity index (χ0n) is 27.0. The van der Waals surface area contributed by atoms with Gasteiger partial charge in [-0.05, 0) is 90.0 Å². The summed E-state index contributed by atoms with van der Waals surface area (Å²) in [6, 6.07) is 61.9. The van der Waals surface area contributed by atoms with Crippen LogP contribution in [0.2, 0.25) is 0 Å². The molecule has 0 amide bonds. The Bertz CT molecular complexity index is 3070. The Balaban J connectivity index is 1.14. The number of fused-ring (bicyclic) bond motifs is 11. The maximum Gasteiger partial charge on any atom is 0.144 e. The summed E-state index contributed by atoms with van der Waals surface area (Å²) in [5.74, 6) is 0. The van der Waals surface area contributed by atoms with Gasteiger partial charge in [0.1, 0.15) is 11.2 Å². The largest absolute Gasteiger partial charge is 0.455 e. The van der Waals surface area contributed by atoms with Crippen LogP contribution >= 0.6 is 11.3 Å². The van der Waals surface area contributed by atoms with Crippen molar-refractivity contribution in [3.05, 3.63) is 170 Å². The van der Waals surface area contributed by atoms with Crippen LogP contribution in [0, 0.1) is 0 Å². The minimum absolute atomic E-state index is 0.917. The lowest BCUT2D eigenvalue weighted by Crippen LogP contribution is -1.91. The Kier molecular flexibility index (Phi) is 5.89. The fourth-order valence-electron chi connectivity index (χ4n) is 8.19. The molecule has 50 heavy (non-hydrogen) atoms. The summed E-state index contributed by atoms with van der Waals surface area (Å²) in [5.41, 5.74) is 9.29. The molecule has 0 N–H and O–H groups in total. The third kappa shape index (κ3) is 4.00. The normalized spacial score (nSPS) is 12.0. The van der Waals surface area contributed by atoms with Gasteiger partial charge in [0, 0.05) is 30.9 Å². The Morgan fingerprint density at radius 3 is 1.64 bits per heavy atom. The van der Waals surface area contributed by atoms with Crippen molar-refractivity contribution < 1.29 is 4.42 Å². The van der Waals surface area contributed by atoms with Crippen LogP contribution in [0.1, 0.15) is 0 Å². The average Bonchev–Trinajstić information content (AvgIpc) is 3.76. The molecule has 0 unspecified atom stereocenters. The van der Waals surface area contributed by atoms with Gasteiger partial charge in [-0.1, -0.05) is 146 Å². The van der Waals surface area contributed by atoms with Crippen LogP contribution in [0.3, 0.4) is 0 Å². The molecule has 0 saturated carbocycles. The summed E-state index contributed by atoms with van der Waals surface area (Å²) in [5, 5.41) is 12.4. The Labute approximate surface area is 292 Å². The summed E-state index contributed by atoms with van der Waals surface area (Å²) in [6.07, 6.45) is 0. The molecule has 11 aromatic rings. The smallest absolute Gasteiger partial charge is 0.144 e. The van der Waals surface area contributed by atoms with Gasteiger partial charge in [0.05, 0.1) is 0 Å². The summed E-state index contributed by atoms with van der Waals surface area (Å²) in [7, 11) is 0. The molecule has 9 aromatic carbocycles. The van der Waals surface area contributed by atoms with E-state index in [0.717, 1.165) is 21.9 Å². The van der Waals surface area contributed by atoms with Crippen molar-refractivity contribution in [3.63, 3.8) is 0 Å². The molecule has 0 aliphatic heterocycles. The van der Waals surface area contributed by atoms with Crippen LogP contribution in [0.4, 0.5) is 0 Å². The molecule has 11 rings (SSSR count). The van der Waals surface area contributed by atoms with Crippen molar-refractivity contribution in [2.75, 3.05) is 0 Å². The zero-order chi connectivity index (χ0) is 32.8. The van der Waals surface area contributed by atoms with E-state index >= 15 is 0 Å². The molecule has 0 spiro atoms. The van der Waals surface area contributed by atoms with E-state index in [1.807, 2.05) is 11.3 Å². The van der Waals surface area contributed by atoms with Gasteiger partial charge in [-0.3, -0.25) is 0 Å². The molecule has 0 fully saturated rings. The van der Waals surface area contributed by atoms with Crippen molar-refractivity contribution in [3.8, 4) is 33.4 Å². The van der Waals surface area contributed by atoms with Crippen molar-refractivity contribution in [2.24, 2.45) is 0 Å². The number of hydrogen-bond acceptors (Lipinski definition) is 2. The van der Waals surface area contributed by atoms with E-state index in [2.05, 4.69) is 170 Å². The van der Waals surface area contributed by atoms with Crippen molar-refractivity contribution in [1.29, 1.82) is 0 Å². The fraction of sp³-hybridized carbons (Fsp3) is 0. The molecule has 2 heterocycles. The van der Waals surface area contributed by atoms with Crippen LogP contribution in [0.25, 0.3) is 108 Å². The number of hydrogen-bond donors (Lipinski definition) is 0. The first kappa shape index (κ1) is 27.7. The Morgan fingerprint density at radius 2 is 0.920 bits per heavy atom. The van der Waals surface area contributed by atoms with Gasteiger partial charge in [-0.25, -0.2) is 0 Å². The topological polar surface area (TPSA) is 13.1 Å². The number of rotatable bonds is 3. The van der Waals surface area contributed by atoms with Crippen LogP contribution in [0.5, 0.6) is 0 Å². The molecule has 0 aliphatic rings. The van der Waals surface area contributed by atoms with Gasteiger partial charge in [0.15, 0.2) is 0 Å². The van der Waals surface area contributed by atoms with E-state index in [1.54, 1.807) is 0 Å². The van der Waals surface area contributed by atoms with E-state index in [1.165, 1.54) is 85.9 Å². The van der Waals surface area contributed by atoms with Gasteiger partial charge in [-0.2, -0.15) is 0 Å². The predicted octanol–water partition coefficient (Wildman–Crippen LogP) is 14.4.